The molecule has 1 aliphatic heterocycles. The van der Waals surface area contributed by atoms with Crippen LogP contribution in [0.4, 0.5) is 14.5 Å². The predicted molar refractivity (Wildman–Crippen MR) is 109 cm³/mol. The molecule has 0 aliphatic carbocycles. The maximum Gasteiger partial charge on any atom is 0.133 e. The molecule has 29 heavy (non-hydrogen) atoms. The van der Waals surface area contributed by atoms with Crippen molar-refractivity contribution in [3.05, 3.63) is 82.3 Å². The van der Waals surface area contributed by atoms with E-state index < -0.39 is 17.7 Å². The SMILES string of the molecule is C=C1C(=N)C(=C(C)N)C(c2ccc(F)cc2F)N1c1cc(C)c(=N)n(C(C)=N)c1. The van der Waals surface area contributed by atoms with Crippen molar-refractivity contribution in [3.8, 4) is 0 Å². The summed E-state index contributed by atoms with van der Waals surface area (Å²) in [7, 11) is 0. The summed E-state index contributed by atoms with van der Waals surface area (Å²) in [6, 6.07) is 4.17. The monoisotopic (exact) mass is 396 g/mol. The van der Waals surface area contributed by atoms with E-state index in [1.54, 1.807) is 37.9 Å². The van der Waals surface area contributed by atoms with Gasteiger partial charge in [0.1, 0.15) is 23.0 Å². The quantitative estimate of drug-likeness (QED) is 0.459. The minimum Gasteiger partial charge on any atom is -0.402 e. The number of pyridine rings is 1. The van der Waals surface area contributed by atoms with Gasteiger partial charge in [0.05, 0.1) is 23.1 Å². The lowest BCUT2D eigenvalue weighted by molar-refractivity contribution is 0.565. The third-order valence-corrected chi connectivity index (χ3v) is 4.94. The number of halogens is 2. The minimum atomic E-state index is -0.823. The molecule has 0 radical (unpaired) electrons. The van der Waals surface area contributed by atoms with Crippen LogP contribution in [0.5, 0.6) is 0 Å². The highest BCUT2D eigenvalue weighted by Gasteiger charge is 2.40. The molecule has 5 N–H and O–H groups in total. The Bertz CT molecular complexity index is 1150. The van der Waals surface area contributed by atoms with Crippen molar-refractivity contribution < 1.29 is 8.78 Å². The van der Waals surface area contributed by atoms with Crippen molar-refractivity contribution in [1.29, 1.82) is 16.2 Å². The highest BCUT2D eigenvalue weighted by Crippen LogP contribution is 2.44. The second kappa shape index (κ2) is 7.12. The average molecular weight is 396 g/mol. The number of aryl methyl sites for hydroxylation is 1. The lowest BCUT2D eigenvalue weighted by Gasteiger charge is -2.29. The van der Waals surface area contributed by atoms with E-state index in [0.717, 1.165) is 12.1 Å². The Balaban J connectivity index is 2.33. The number of allylic oxidation sites excluding steroid dienone is 2. The number of benzene rings is 1. The molecule has 1 fully saturated rings. The molecule has 2 aromatic rings. The summed E-state index contributed by atoms with van der Waals surface area (Å²) in [6.45, 7) is 8.88. The largest absolute Gasteiger partial charge is 0.402 e. The summed E-state index contributed by atoms with van der Waals surface area (Å²) in [5.41, 5.74) is 8.52. The van der Waals surface area contributed by atoms with Crippen LogP contribution in [0.25, 0.3) is 0 Å². The Labute approximate surface area is 167 Å². The molecule has 1 saturated heterocycles. The van der Waals surface area contributed by atoms with Crippen molar-refractivity contribution in [2.45, 2.75) is 26.8 Å². The number of nitrogens with two attached hydrogens (primary N) is 1. The van der Waals surface area contributed by atoms with Gasteiger partial charge in [-0.05, 0) is 38.5 Å². The van der Waals surface area contributed by atoms with E-state index >= 15 is 0 Å². The van der Waals surface area contributed by atoms with Crippen LogP contribution in [0.1, 0.15) is 31.0 Å². The van der Waals surface area contributed by atoms with Gasteiger partial charge in [0.15, 0.2) is 0 Å². The van der Waals surface area contributed by atoms with Gasteiger partial charge in [-0.15, -0.1) is 0 Å². The molecule has 0 bridgehead atoms. The summed E-state index contributed by atoms with van der Waals surface area (Å²) < 4.78 is 29.6. The first kappa shape index (κ1) is 20.2. The zero-order valence-corrected chi connectivity index (χ0v) is 16.4. The highest BCUT2D eigenvalue weighted by molar-refractivity contribution is 6.17. The predicted octanol–water partition coefficient (Wildman–Crippen LogP) is 3.73. The molecule has 0 spiro atoms. The molecule has 6 nitrogen and oxygen atoms in total. The van der Waals surface area contributed by atoms with Gasteiger partial charge in [0, 0.05) is 29.1 Å². The van der Waals surface area contributed by atoms with Crippen LogP contribution in [-0.2, 0) is 0 Å². The van der Waals surface area contributed by atoms with Crippen LogP contribution in [-0.4, -0.2) is 16.1 Å². The molecule has 1 aromatic carbocycles. The smallest absolute Gasteiger partial charge is 0.133 e. The van der Waals surface area contributed by atoms with Gasteiger partial charge in [0.25, 0.3) is 0 Å². The molecule has 0 saturated carbocycles. The van der Waals surface area contributed by atoms with E-state index in [0.29, 0.717) is 28.2 Å². The van der Waals surface area contributed by atoms with E-state index in [2.05, 4.69) is 6.58 Å². The van der Waals surface area contributed by atoms with Crippen LogP contribution in [0.3, 0.4) is 0 Å². The van der Waals surface area contributed by atoms with Gasteiger partial charge in [-0.25, -0.2) is 8.78 Å². The molecular formula is C21H22F2N6. The van der Waals surface area contributed by atoms with Crippen LogP contribution in [0, 0.1) is 34.8 Å². The first-order valence-electron chi connectivity index (χ1n) is 8.86. The van der Waals surface area contributed by atoms with Crippen molar-refractivity contribution >= 4 is 17.2 Å². The van der Waals surface area contributed by atoms with Crippen molar-refractivity contribution in [3.63, 3.8) is 0 Å². The number of hydrogen-bond donors (Lipinski definition) is 4. The highest BCUT2D eigenvalue weighted by atomic mass is 19.1. The Morgan fingerprint density at radius 3 is 2.38 bits per heavy atom. The first-order chi connectivity index (χ1) is 13.5. The lowest BCUT2D eigenvalue weighted by Crippen LogP contribution is -2.30. The van der Waals surface area contributed by atoms with Gasteiger partial charge >= 0.3 is 0 Å². The standard InChI is InChI=1S/C21H22F2N6/c1-10-7-15(9-28(13(4)25)21(10)27)29-12(3)19(26)18(11(2)24)20(29)16-6-5-14(22)8-17(16)23/h5-9,20,25-27H,3,24H2,1-2,4H3. The zero-order valence-electron chi connectivity index (χ0n) is 16.4. The first-order valence-corrected chi connectivity index (χ1v) is 8.86. The fourth-order valence-corrected chi connectivity index (χ4v) is 3.54. The Morgan fingerprint density at radius 1 is 1.17 bits per heavy atom. The summed E-state index contributed by atoms with van der Waals surface area (Å²) in [4.78, 5) is 1.64. The molecule has 1 atom stereocenters. The molecule has 1 aliphatic rings. The van der Waals surface area contributed by atoms with E-state index in [-0.39, 0.29) is 22.6 Å². The second-order valence-corrected chi connectivity index (χ2v) is 7.04. The summed E-state index contributed by atoms with van der Waals surface area (Å²) in [6.07, 6.45) is 1.57. The average Bonchev–Trinajstić information content (AvgIpc) is 2.88. The number of nitrogens with one attached hydrogen (secondary N) is 3. The van der Waals surface area contributed by atoms with Crippen molar-refractivity contribution in [2.24, 2.45) is 5.73 Å². The van der Waals surface area contributed by atoms with E-state index in [4.69, 9.17) is 22.0 Å². The third kappa shape index (κ3) is 3.26. The van der Waals surface area contributed by atoms with E-state index in [9.17, 15) is 8.78 Å². The fraction of sp³-hybridized carbons (Fsp3) is 0.190. The molecule has 0 amide bonds. The Kier molecular flexibility index (Phi) is 4.96. The van der Waals surface area contributed by atoms with Crippen LogP contribution < -0.4 is 16.1 Å². The van der Waals surface area contributed by atoms with E-state index in [1.165, 1.54) is 10.6 Å². The zero-order chi connectivity index (χ0) is 21.6. The van der Waals surface area contributed by atoms with Crippen LogP contribution in [0.2, 0.25) is 0 Å². The second-order valence-electron chi connectivity index (χ2n) is 7.04. The van der Waals surface area contributed by atoms with Gasteiger partial charge in [-0.3, -0.25) is 20.8 Å². The van der Waals surface area contributed by atoms with Gasteiger partial charge < -0.3 is 10.6 Å². The molecule has 3 rings (SSSR count). The van der Waals surface area contributed by atoms with Crippen LogP contribution >= 0.6 is 0 Å². The molecule has 1 unspecified atom stereocenters. The maximum atomic E-state index is 14.7. The lowest BCUT2D eigenvalue weighted by atomic mass is 9.96. The van der Waals surface area contributed by atoms with Gasteiger partial charge in [0.2, 0.25) is 0 Å². The number of rotatable bonds is 2. The Hall–Kier alpha value is -3.55. The molecule has 150 valence electrons. The molecule has 2 heterocycles. The number of nitrogens with zero attached hydrogens (tertiary/aromatic N) is 2. The normalized spacial score (nSPS) is 18.4. The maximum absolute atomic E-state index is 14.7. The number of hydrogen-bond acceptors (Lipinski definition) is 5. The van der Waals surface area contributed by atoms with Crippen LogP contribution in [0.15, 0.2) is 54.0 Å². The van der Waals surface area contributed by atoms with Gasteiger partial charge in [-0.2, -0.15) is 0 Å². The van der Waals surface area contributed by atoms with Gasteiger partial charge in [-0.1, -0.05) is 12.6 Å². The molecule has 8 heteroatoms. The minimum absolute atomic E-state index is 0.0597. The third-order valence-electron chi connectivity index (χ3n) is 4.94. The fourth-order valence-electron chi connectivity index (χ4n) is 3.54. The summed E-state index contributed by atoms with van der Waals surface area (Å²) >= 11 is 0. The van der Waals surface area contributed by atoms with E-state index in [1.807, 2.05) is 0 Å². The molecular weight excluding hydrogens is 374 g/mol. The van der Waals surface area contributed by atoms with Crippen molar-refractivity contribution in [1.82, 2.24) is 4.57 Å². The number of anilines is 1. The molecule has 1 aromatic heterocycles. The number of aromatic nitrogens is 1. The summed E-state index contributed by atoms with van der Waals surface area (Å²) in [5, 5.41) is 24.6. The Morgan fingerprint density at radius 2 is 1.83 bits per heavy atom. The topological polar surface area (TPSA) is 106 Å². The van der Waals surface area contributed by atoms with Crippen molar-refractivity contribution in [2.75, 3.05) is 4.90 Å². The summed E-state index contributed by atoms with van der Waals surface area (Å²) in [5.74, 6) is -1.33.